The first-order valence-electron chi connectivity index (χ1n) is 9.75. The minimum atomic E-state index is -1.01. The summed E-state index contributed by atoms with van der Waals surface area (Å²) in [4.78, 5) is 26.5. The van der Waals surface area contributed by atoms with Gasteiger partial charge in [-0.2, -0.15) is 0 Å². The van der Waals surface area contributed by atoms with Crippen LogP contribution in [0.4, 0.5) is 15.8 Å². The Hall–Kier alpha value is -3.09. The lowest BCUT2D eigenvalue weighted by molar-refractivity contribution is -0.155. The number of piperidine rings is 1. The van der Waals surface area contributed by atoms with Crippen LogP contribution in [0.5, 0.6) is 5.75 Å². The highest BCUT2D eigenvalue weighted by atomic mass is 19.1. The summed E-state index contributed by atoms with van der Waals surface area (Å²) in [5.41, 5.74) is 1.76. The molecule has 29 heavy (non-hydrogen) atoms. The minimum absolute atomic E-state index is 0.0460. The van der Waals surface area contributed by atoms with E-state index in [1.54, 1.807) is 6.07 Å². The van der Waals surface area contributed by atoms with Crippen LogP contribution in [0.25, 0.3) is 0 Å². The number of halogens is 1. The van der Waals surface area contributed by atoms with Crippen LogP contribution in [-0.2, 0) is 14.3 Å². The zero-order chi connectivity index (χ0) is 20.6. The molecule has 0 aliphatic carbocycles. The van der Waals surface area contributed by atoms with Gasteiger partial charge in [0.05, 0.1) is 0 Å². The molecule has 1 aliphatic rings. The fraction of sp³-hybridized carbons (Fsp3) is 0.364. The molecule has 1 N–H and O–H groups in total. The molecule has 1 atom stereocenters. The molecule has 0 unspecified atom stereocenters. The highest BCUT2D eigenvalue weighted by molar-refractivity contribution is 5.95. The van der Waals surface area contributed by atoms with Crippen LogP contribution >= 0.6 is 0 Å². The highest BCUT2D eigenvalue weighted by Crippen LogP contribution is 2.22. The Bertz CT molecular complexity index is 835. The molecule has 1 heterocycles. The van der Waals surface area contributed by atoms with Crippen molar-refractivity contribution >= 4 is 23.3 Å². The first-order valence-corrected chi connectivity index (χ1v) is 9.75. The van der Waals surface area contributed by atoms with Crippen molar-refractivity contribution in [1.29, 1.82) is 0 Å². The van der Waals surface area contributed by atoms with Crippen molar-refractivity contribution in [3.8, 4) is 5.75 Å². The van der Waals surface area contributed by atoms with E-state index in [1.165, 1.54) is 44.4 Å². The summed E-state index contributed by atoms with van der Waals surface area (Å²) in [7, 11) is 0. The number of rotatable bonds is 7. The molecule has 0 radical (unpaired) electrons. The van der Waals surface area contributed by atoms with Gasteiger partial charge in [0.1, 0.15) is 0 Å². The molecule has 6 nitrogen and oxygen atoms in total. The Morgan fingerprint density at radius 2 is 1.76 bits per heavy atom. The number of para-hydroxylation sites is 1. The number of esters is 1. The van der Waals surface area contributed by atoms with Gasteiger partial charge in [-0.05, 0) is 62.6 Å². The lowest BCUT2D eigenvalue weighted by Crippen LogP contribution is -2.32. The van der Waals surface area contributed by atoms with E-state index in [0.717, 1.165) is 18.8 Å². The summed E-state index contributed by atoms with van der Waals surface area (Å²) in [6.07, 6.45) is 2.66. The van der Waals surface area contributed by atoms with Crippen LogP contribution in [0.3, 0.4) is 0 Å². The van der Waals surface area contributed by atoms with E-state index in [4.69, 9.17) is 9.47 Å². The van der Waals surface area contributed by atoms with Gasteiger partial charge in [0.25, 0.3) is 5.91 Å². The quantitative estimate of drug-likeness (QED) is 0.717. The molecule has 1 amide bonds. The molecule has 154 valence electrons. The number of anilines is 2. The lowest BCUT2D eigenvalue weighted by atomic mass is 10.1. The topological polar surface area (TPSA) is 67.9 Å². The van der Waals surface area contributed by atoms with Gasteiger partial charge in [-0.1, -0.05) is 12.1 Å². The van der Waals surface area contributed by atoms with Gasteiger partial charge in [-0.25, -0.2) is 9.18 Å². The predicted molar refractivity (Wildman–Crippen MR) is 109 cm³/mol. The monoisotopic (exact) mass is 400 g/mol. The number of hydrogen-bond acceptors (Lipinski definition) is 5. The van der Waals surface area contributed by atoms with Crippen molar-refractivity contribution in [2.75, 3.05) is 29.9 Å². The van der Waals surface area contributed by atoms with Crippen LogP contribution in [0, 0.1) is 5.82 Å². The molecule has 7 heteroatoms. The SMILES string of the molecule is C[C@@H](OC(=O)COc1ccccc1F)C(=O)Nc1ccc(N2CCCCC2)cc1. The van der Waals surface area contributed by atoms with Gasteiger partial charge >= 0.3 is 5.97 Å². The maximum absolute atomic E-state index is 13.5. The second kappa shape index (κ2) is 9.91. The van der Waals surface area contributed by atoms with Gasteiger partial charge in [0.15, 0.2) is 24.3 Å². The van der Waals surface area contributed by atoms with Crippen LogP contribution in [0.1, 0.15) is 26.2 Å². The van der Waals surface area contributed by atoms with E-state index in [-0.39, 0.29) is 5.75 Å². The average molecular weight is 400 g/mol. The Balaban J connectivity index is 1.45. The minimum Gasteiger partial charge on any atom is -0.479 e. The van der Waals surface area contributed by atoms with Crippen molar-refractivity contribution in [3.05, 3.63) is 54.3 Å². The number of amides is 1. The van der Waals surface area contributed by atoms with E-state index in [1.807, 2.05) is 24.3 Å². The predicted octanol–water partition coefficient (Wildman–Crippen LogP) is 3.77. The van der Waals surface area contributed by atoms with Crippen LogP contribution in [0.2, 0.25) is 0 Å². The van der Waals surface area contributed by atoms with E-state index < -0.39 is 30.4 Å². The number of ether oxygens (including phenoxy) is 2. The summed E-state index contributed by atoms with van der Waals surface area (Å²) < 4.78 is 23.6. The van der Waals surface area contributed by atoms with Gasteiger partial charge < -0.3 is 19.7 Å². The number of benzene rings is 2. The number of nitrogens with one attached hydrogen (secondary N) is 1. The third-order valence-corrected chi connectivity index (χ3v) is 4.72. The zero-order valence-corrected chi connectivity index (χ0v) is 16.4. The molecule has 1 aliphatic heterocycles. The normalized spacial score (nSPS) is 14.8. The third-order valence-electron chi connectivity index (χ3n) is 4.72. The number of nitrogens with zero attached hydrogens (tertiary/aromatic N) is 1. The Morgan fingerprint density at radius 3 is 2.45 bits per heavy atom. The molecule has 1 saturated heterocycles. The summed E-state index contributed by atoms with van der Waals surface area (Å²) in [6, 6.07) is 13.4. The third kappa shape index (κ3) is 5.94. The molecule has 0 aromatic heterocycles. The molecule has 0 bridgehead atoms. The number of hydrogen-bond donors (Lipinski definition) is 1. The van der Waals surface area contributed by atoms with E-state index in [2.05, 4.69) is 10.2 Å². The first-order chi connectivity index (χ1) is 14.0. The van der Waals surface area contributed by atoms with Crippen LogP contribution in [0.15, 0.2) is 48.5 Å². The maximum atomic E-state index is 13.5. The summed E-state index contributed by atoms with van der Waals surface area (Å²) in [5.74, 6) is -1.82. The van der Waals surface area contributed by atoms with Gasteiger partial charge in [-0.3, -0.25) is 4.79 Å². The van der Waals surface area contributed by atoms with Crippen LogP contribution in [-0.4, -0.2) is 37.7 Å². The fourth-order valence-electron chi connectivity index (χ4n) is 3.13. The standard InChI is InChI=1S/C22H25FN2O4/c1-16(29-21(26)15-28-20-8-4-3-7-19(20)23)22(27)24-17-9-11-18(12-10-17)25-13-5-2-6-14-25/h3-4,7-12,16H,2,5-6,13-15H2,1H3,(H,24,27)/t16-/m1/s1. The zero-order valence-electron chi connectivity index (χ0n) is 16.4. The Kier molecular flexibility index (Phi) is 7.05. The summed E-state index contributed by atoms with van der Waals surface area (Å²) >= 11 is 0. The Labute approximate surface area is 169 Å². The first kappa shape index (κ1) is 20.6. The molecule has 2 aromatic rings. The van der Waals surface area contributed by atoms with Gasteiger partial charge in [0, 0.05) is 24.5 Å². The fourth-order valence-corrected chi connectivity index (χ4v) is 3.13. The van der Waals surface area contributed by atoms with Gasteiger partial charge in [-0.15, -0.1) is 0 Å². The molecular formula is C22H25FN2O4. The van der Waals surface area contributed by atoms with Crippen LogP contribution < -0.4 is 15.0 Å². The highest BCUT2D eigenvalue weighted by Gasteiger charge is 2.19. The van der Waals surface area contributed by atoms with Crippen molar-refractivity contribution in [2.45, 2.75) is 32.3 Å². The molecule has 0 saturated carbocycles. The molecule has 1 fully saturated rings. The van der Waals surface area contributed by atoms with Crippen molar-refractivity contribution in [1.82, 2.24) is 0 Å². The maximum Gasteiger partial charge on any atom is 0.344 e. The summed E-state index contributed by atoms with van der Waals surface area (Å²) in [5, 5.41) is 2.72. The second-order valence-corrected chi connectivity index (χ2v) is 6.94. The van der Waals surface area contributed by atoms with E-state index >= 15 is 0 Å². The smallest absolute Gasteiger partial charge is 0.344 e. The second-order valence-electron chi connectivity index (χ2n) is 6.94. The number of carbonyl (C=O) groups excluding carboxylic acids is 2. The summed E-state index contributed by atoms with van der Waals surface area (Å²) in [6.45, 7) is 3.09. The molecular weight excluding hydrogens is 375 g/mol. The lowest BCUT2D eigenvalue weighted by Gasteiger charge is -2.28. The molecule has 0 spiro atoms. The van der Waals surface area contributed by atoms with E-state index in [0.29, 0.717) is 5.69 Å². The van der Waals surface area contributed by atoms with Crippen molar-refractivity contribution in [3.63, 3.8) is 0 Å². The molecule has 2 aromatic carbocycles. The largest absolute Gasteiger partial charge is 0.479 e. The van der Waals surface area contributed by atoms with Gasteiger partial charge in [0.2, 0.25) is 0 Å². The Morgan fingerprint density at radius 1 is 1.07 bits per heavy atom. The van der Waals surface area contributed by atoms with E-state index in [9.17, 15) is 14.0 Å². The molecule has 3 rings (SSSR count). The van der Waals surface area contributed by atoms with Crippen molar-refractivity contribution in [2.24, 2.45) is 0 Å². The number of carbonyl (C=O) groups is 2. The average Bonchev–Trinajstić information content (AvgIpc) is 2.74. The van der Waals surface area contributed by atoms with Crippen molar-refractivity contribution < 1.29 is 23.5 Å².